The standard InChI is InChI=1S/C16H21BrFN3/c1-5-19-15(16-10(2)20-21(4)11(16)3)8-12-6-7-13(18)9-14(12)17/h6-7,9,15,19H,5,8H2,1-4H3. The van der Waals surface area contributed by atoms with Gasteiger partial charge in [0.25, 0.3) is 0 Å². The van der Waals surface area contributed by atoms with Gasteiger partial charge in [-0.2, -0.15) is 5.10 Å². The minimum atomic E-state index is -0.223. The monoisotopic (exact) mass is 353 g/mol. The molecule has 5 heteroatoms. The van der Waals surface area contributed by atoms with E-state index in [4.69, 9.17) is 0 Å². The van der Waals surface area contributed by atoms with Crippen LogP contribution in [0.5, 0.6) is 0 Å². The molecule has 3 nitrogen and oxygen atoms in total. The molecule has 0 aliphatic rings. The van der Waals surface area contributed by atoms with E-state index in [2.05, 4.69) is 40.2 Å². The Balaban J connectivity index is 2.35. The topological polar surface area (TPSA) is 29.9 Å². The summed E-state index contributed by atoms with van der Waals surface area (Å²) in [6.45, 7) is 7.08. The van der Waals surface area contributed by atoms with E-state index in [-0.39, 0.29) is 11.9 Å². The van der Waals surface area contributed by atoms with E-state index < -0.39 is 0 Å². The minimum absolute atomic E-state index is 0.172. The molecule has 1 heterocycles. The molecule has 1 aromatic carbocycles. The van der Waals surface area contributed by atoms with Crippen molar-refractivity contribution in [3.63, 3.8) is 0 Å². The smallest absolute Gasteiger partial charge is 0.124 e. The van der Waals surface area contributed by atoms with Crippen LogP contribution in [-0.4, -0.2) is 16.3 Å². The summed E-state index contributed by atoms with van der Waals surface area (Å²) in [4.78, 5) is 0. The normalized spacial score (nSPS) is 12.7. The Hall–Kier alpha value is -1.20. The number of hydrogen-bond donors (Lipinski definition) is 1. The third kappa shape index (κ3) is 3.52. The summed E-state index contributed by atoms with van der Waals surface area (Å²) in [5.74, 6) is -0.223. The van der Waals surface area contributed by atoms with E-state index in [1.165, 1.54) is 17.7 Å². The molecule has 0 spiro atoms. The number of nitrogens with zero attached hydrogens (tertiary/aromatic N) is 2. The van der Waals surface area contributed by atoms with E-state index in [0.29, 0.717) is 0 Å². The number of aryl methyl sites for hydroxylation is 2. The van der Waals surface area contributed by atoms with Crippen molar-refractivity contribution in [2.45, 2.75) is 33.2 Å². The molecule has 0 saturated heterocycles. The lowest BCUT2D eigenvalue weighted by atomic mass is 9.97. The van der Waals surface area contributed by atoms with Crippen molar-refractivity contribution < 1.29 is 4.39 Å². The molecule has 1 atom stereocenters. The number of benzene rings is 1. The summed E-state index contributed by atoms with van der Waals surface area (Å²) in [7, 11) is 1.96. The molecule has 0 amide bonds. The van der Waals surface area contributed by atoms with Gasteiger partial charge in [-0.15, -0.1) is 0 Å². The lowest BCUT2D eigenvalue weighted by molar-refractivity contribution is 0.542. The molecule has 2 rings (SSSR count). The van der Waals surface area contributed by atoms with Crippen LogP contribution in [0.25, 0.3) is 0 Å². The zero-order valence-electron chi connectivity index (χ0n) is 12.9. The summed E-state index contributed by atoms with van der Waals surface area (Å²) in [6, 6.07) is 5.03. The quantitative estimate of drug-likeness (QED) is 0.884. The van der Waals surface area contributed by atoms with E-state index in [1.807, 2.05) is 24.7 Å². The Morgan fingerprint density at radius 1 is 1.38 bits per heavy atom. The molecule has 2 aromatic rings. The molecule has 0 aliphatic carbocycles. The number of aromatic nitrogens is 2. The number of nitrogens with one attached hydrogen (secondary N) is 1. The summed E-state index contributed by atoms with van der Waals surface area (Å²) in [6.07, 6.45) is 0.794. The summed E-state index contributed by atoms with van der Waals surface area (Å²) in [5, 5.41) is 8.01. The molecule has 21 heavy (non-hydrogen) atoms. The van der Waals surface area contributed by atoms with Crippen molar-refractivity contribution in [2.75, 3.05) is 6.54 Å². The van der Waals surface area contributed by atoms with Gasteiger partial charge >= 0.3 is 0 Å². The largest absolute Gasteiger partial charge is 0.310 e. The maximum atomic E-state index is 13.2. The van der Waals surface area contributed by atoms with E-state index >= 15 is 0 Å². The first kappa shape index (κ1) is 16.2. The predicted octanol–water partition coefficient (Wildman–Crippen LogP) is 3.83. The Bertz CT molecular complexity index is 637. The van der Waals surface area contributed by atoms with E-state index in [0.717, 1.165) is 34.4 Å². The molecule has 1 N–H and O–H groups in total. The highest BCUT2D eigenvalue weighted by Crippen LogP contribution is 2.28. The Kier molecular flexibility index (Phi) is 5.17. The molecular weight excluding hydrogens is 333 g/mol. The Labute approximate surface area is 133 Å². The van der Waals surface area contributed by atoms with Gasteiger partial charge in [0.2, 0.25) is 0 Å². The van der Waals surface area contributed by atoms with Gasteiger partial charge in [-0.3, -0.25) is 4.68 Å². The third-order valence-corrected chi connectivity index (χ3v) is 4.54. The zero-order valence-corrected chi connectivity index (χ0v) is 14.5. The predicted molar refractivity (Wildman–Crippen MR) is 86.9 cm³/mol. The first-order valence-electron chi connectivity index (χ1n) is 7.11. The van der Waals surface area contributed by atoms with Crippen molar-refractivity contribution in [1.82, 2.24) is 15.1 Å². The molecule has 114 valence electrons. The number of rotatable bonds is 5. The minimum Gasteiger partial charge on any atom is -0.310 e. The van der Waals surface area contributed by atoms with Crippen LogP contribution in [0, 0.1) is 19.7 Å². The van der Waals surface area contributed by atoms with Crippen molar-refractivity contribution in [1.29, 1.82) is 0 Å². The molecule has 0 aliphatic heterocycles. The van der Waals surface area contributed by atoms with Gasteiger partial charge in [0, 0.05) is 28.8 Å². The molecule has 0 fully saturated rings. The Morgan fingerprint density at radius 3 is 2.62 bits per heavy atom. The second-order valence-corrected chi connectivity index (χ2v) is 6.11. The first-order valence-corrected chi connectivity index (χ1v) is 7.90. The summed E-state index contributed by atoms with van der Waals surface area (Å²) >= 11 is 3.45. The van der Waals surface area contributed by atoms with Crippen LogP contribution < -0.4 is 5.32 Å². The van der Waals surface area contributed by atoms with Gasteiger partial charge in [0.1, 0.15) is 5.82 Å². The van der Waals surface area contributed by atoms with Crippen LogP contribution in [0.2, 0.25) is 0 Å². The fourth-order valence-electron chi connectivity index (χ4n) is 2.72. The van der Waals surface area contributed by atoms with Gasteiger partial charge in [-0.1, -0.05) is 28.9 Å². The average Bonchev–Trinajstić information content (AvgIpc) is 2.66. The molecule has 1 aromatic heterocycles. The van der Waals surface area contributed by atoms with Crippen LogP contribution in [0.15, 0.2) is 22.7 Å². The van der Waals surface area contributed by atoms with Crippen LogP contribution in [0.3, 0.4) is 0 Å². The van der Waals surface area contributed by atoms with E-state index in [1.54, 1.807) is 0 Å². The highest BCUT2D eigenvalue weighted by molar-refractivity contribution is 9.10. The maximum Gasteiger partial charge on any atom is 0.124 e. The zero-order chi connectivity index (χ0) is 15.6. The lowest BCUT2D eigenvalue weighted by Gasteiger charge is -2.20. The molecule has 1 unspecified atom stereocenters. The molecular formula is C16H21BrFN3. The molecule has 0 radical (unpaired) electrons. The van der Waals surface area contributed by atoms with Crippen LogP contribution >= 0.6 is 15.9 Å². The van der Waals surface area contributed by atoms with Crippen molar-refractivity contribution in [3.8, 4) is 0 Å². The summed E-state index contributed by atoms with van der Waals surface area (Å²) < 4.78 is 15.9. The fraction of sp³-hybridized carbons (Fsp3) is 0.438. The summed E-state index contributed by atoms with van der Waals surface area (Å²) in [5.41, 5.74) is 4.52. The fourth-order valence-corrected chi connectivity index (χ4v) is 3.24. The second-order valence-electron chi connectivity index (χ2n) is 5.26. The van der Waals surface area contributed by atoms with Crippen molar-refractivity contribution in [3.05, 3.63) is 51.0 Å². The third-order valence-electron chi connectivity index (χ3n) is 3.80. The van der Waals surface area contributed by atoms with Gasteiger partial charge in [0.15, 0.2) is 0 Å². The average molecular weight is 354 g/mol. The lowest BCUT2D eigenvalue weighted by Crippen LogP contribution is -2.24. The van der Waals surface area contributed by atoms with Crippen molar-refractivity contribution in [2.24, 2.45) is 7.05 Å². The van der Waals surface area contributed by atoms with Gasteiger partial charge in [-0.05, 0) is 44.5 Å². The highest BCUT2D eigenvalue weighted by atomic mass is 79.9. The van der Waals surface area contributed by atoms with Crippen molar-refractivity contribution >= 4 is 15.9 Å². The van der Waals surface area contributed by atoms with Crippen LogP contribution in [0.1, 0.15) is 35.5 Å². The maximum absolute atomic E-state index is 13.2. The highest BCUT2D eigenvalue weighted by Gasteiger charge is 2.20. The van der Waals surface area contributed by atoms with Gasteiger partial charge in [-0.25, -0.2) is 4.39 Å². The number of halogens is 2. The van der Waals surface area contributed by atoms with E-state index in [9.17, 15) is 4.39 Å². The first-order chi connectivity index (χ1) is 9.93. The Morgan fingerprint density at radius 2 is 2.10 bits per heavy atom. The SMILES string of the molecule is CCNC(Cc1ccc(F)cc1Br)c1c(C)nn(C)c1C. The molecule has 0 bridgehead atoms. The van der Waals surface area contributed by atoms with Crippen LogP contribution in [0.4, 0.5) is 4.39 Å². The van der Waals surface area contributed by atoms with Crippen LogP contribution in [-0.2, 0) is 13.5 Å². The number of likely N-dealkylation sites (N-methyl/N-ethyl adjacent to an activating group) is 1. The van der Waals surface area contributed by atoms with Gasteiger partial charge < -0.3 is 5.32 Å². The molecule has 0 saturated carbocycles. The van der Waals surface area contributed by atoms with Gasteiger partial charge in [0.05, 0.1) is 5.69 Å². The number of hydrogen-bond acceptors (Lipinski definition) is 2. The second kappa shape index (κ2) is 6.71.